The molecule has 1 aromatic rings. The molecule has 20 heavy (non-hydrogen) atoms. The smallest absolute Gasteiger partial charge is 0.310 e. The predicted molar refractivity (Wildman–Crippen MR) is 77.4 cm³/mol. The van der Waals surface area contributed by atoms with Crippen molar-refractivity contribution in [2.45, 2.75) is 43.8 Å². The van der Waals surface area contributed by atoms with E-state index >= 15 is 0 Å². The van der Waals surface area contributed by atoms with Crippen molar-refractivity contribution < 1.29 is 18.3 Å². The fraction of sp³-hybridized carbons (Fsp3) is 0.533. The molecule has 0 bridgehead atoms. The van der Waals surface area contributed by atoms with Crippen LogP contribution in [0.3, 0.4) is 0 Å². The van der Waals surface area contributed by atoms with Gasteiger partial charge in [0.25, 0.3) is 0 Å². The van der Waals surface area contributed by atoms with Gasteiger partial charge in [0.1, 0.15) is 10.7 Å². The molecule has 0 saturated heterocycles. The standard InChI is InChI=1S/C15H20O4S/c16-15(17)14(9-11-3-1-2-4-11)13-7-5-12(6-8-13)10-20(18)19/h5-8,11,14,20H,1-4,9-10H2,(H,16,17)/t14-/m1/s1. The first-order chi connectivity index (χ1) is 9.56. The molecule has 5 heteroatoms. The Morgan fingerprint density at radius 1 is 1.20 bits per heavy atom. The van der Waals surface area contributed by atoms with Gasteiger partial charge in [-0.05, 0) is 23.5 Å². The number of benzene rings is 1. The Kier molecular flexibility index (Phi) is 5.17. The molecule has 1 aliphatic carbocycles. The van der Waals surface area contributed by atoms with Crippen LogP contribution in [-0.4, -0.2) is 19.5 Å². The second-order valence-electron chi connectivity index (χ2n) is 5.51. The number of thiol groups is 1. The van der Waals surface area contributed by atoms with Crippen LogP contribution in [0.1, 0.15) is 49.1 Å². The van der Waals surface area contributed by atoms with Gasteiger partial charge < -0.3 is 5.11 Å². The zero-order valence-corrected chi connectivity index (χ0v) is 12.2. The molecule has 2 rings (SSSR count). The molecular weight excluding hydrogens is 276 g/mol. The van der Waals surface area contributed by atoms with Gasteiger partial charge in [-0.15, -0.1) is 0 Å². The van der Waals surface area contributed by atoms with Crippen LogP contribution in [0.4, 0.5) is 0 Å². The minimum absolute atomic E-state index is 0.00990. The Morgan fingerprint density at radius 3 is 2.30 bits per heavy atom. The highest BCUT2D eigenvalue weighted by Gasteiger charge is 2.26. The van der Waals surface area contributed by atoms with E-state index in [0.717, 1.165) is 18.4 Å². The van der Waals surface area contributed by atoms with Crippen molar-refractivity contribution in [3.63, 3.8) is 0 Å². The van der Waals surface area contributed by atoms with Crippen molar-refractivity contribution in [2.24, 2.45) is 5.92 Å². The summed E-state index contributed by atoms with van der Waals surface area (Å²) in [5, 5.41) is 9.40. The summed E-state index contributed by atoms with van der Waals surface area (Å²) in [6.07, 6.45) is 5.33. The van der Waals surface area contributed by atoms with Crippen LogP contribution in [0.15, 0.2) is 24.3 Å². The van der Waals surface area contributed by atoms with E-state index in [2.05, 4.69) is 0 Å². The van der Waals surface area contributed by atoms with E-state index < -0.39 is 22.6 Å². The normalized spacial score (nSPS) is 17.4. The number of rotatable bonds is 6. The molecule has 0 aliphatic heterocycles. The van der Waals surface area contributed by atoms with E-state index in [4.69, 9.17) is 0 Å². The number of carboxylic acid groups (broad SMARTS) is 1. The zero-order valence-electron chi connectivity index (χ0n) is 11.3. The lowest BCUT2D eigenvalue weighted by Gasteiger charge is -2.17. The minimum Gasteiger partial charge on any atom is -0.481 e. The highest BCUT2D eigenvalue weighted by molar-refractivity contribution is 7.71. The Bertz CT molecular complexity index is 519. The van der Waals surface area contributed by atoms with Crippen LogP contribution in [0.2, 0.25) is 0 Å². The lowest BCUT2D eigenvalue weighted by atomic mass is 9.88. The molecule has 0 unspecified atom stereocenters. The number of hydrogen-bond donors (Lipinski definition) is 2. The summed E-state index contributed by atoms with van der Waals surface area (Å²) in [7, 11) is -2.44. The molecule has 1 saturated carbocycles. The van der Waals surface area contributed by atoms with Gasteiger partial charge in [-0.25, -0.2) is 8.42 Å². The number of carbonyl (C=O) groups is 1. The van der Waals surface area contributed by atoms with Gasteiger partial charge in [0.15, 0.2) is 0 Å². The van der Waals surface area contributed by atoms with Crippen LogP contribution in [0, 0.1) is 5.92 Å². The molecular formula is C15H20O4S. The average molecular weight is 296 g/mol. The highest BCUT2D eigenvalue weighted by Crippen LogP contribution is 2.34. The molecule has 0 spiro atoms. The second-order valence-corrected chi connectivity index (χ2v) is 6.49. The summed E-state index contributed by atoms with van der Waals surface area (Å²) in [5.74, 6) is -0.754. The van der Waals surface area contributed by atoms with Crippen LogP contribution in [0.5, 0.6) is 0 Å². The van der Waals surface area contributed by atoms with E-state index in [-0.39, 0.29) is 5.75 Å². The van der Waals surface area contributed by atoms with Crippen molar-refractivity contribution in [2.75, 3.05) is 0 Å². The quantitative estimate of drug-likeness (QED) is 0.791. The first kappa shape index (κ1) is 15.0. The molecule has 1 atom stereocenters. The molecule has 110 valence electrons. The number of aliphatic carboxylic acids is 1. The maximum Gasteiger partial charge on any atom is 0.310 e. The monoisotopic (exact) mass is 296 g/mol. The Morgan fingerprint density at radius 2 is 1.80 bits per heavy atom. The van der Waals surface area contributed by atoms with E-state index in [1.54, 1.807) is 24.3 Å². The van der Waals surface area contributed by atoms with Crippen molar-refractivity contribution in [1.29, 1.82) is 0 Å². The molecule has 1 N–H and O–H groups in total. The Hall–Kier alpha value is -1.36. The first-order valence-electron chi connectivity index (χ1n) is 6.99. The number of hydrogen-bond acceptors (Lipinski definition) is 3. The van der Waals surface area contributed by atoms with Gasteiger partial charge in [0.05, 0.1) is 11.7 Å². The second kappa shape index (κ2) is 6.88. The molecule has 0 aromatic heterocycles. The van der Waals surface area contributed by atoms with Gasteiger partial charge >= 0.3 is 5.97 Å². The first-order valence-corrected chi connectivity index (χ1v) is 8.36. The van der Waals surface area contributed by atoms with Crippen molar-refractivity contribution in [3.05, 3.63) is 35.4 Å². The van der Waals surface area contributed by atoms with Crippen LogP contribution in [-0.2, 0) is 21.3 Å². The molecule has 0 heterocycles. The van der Waals surface area contributed by atoms with Crippen LogP contribution >= 0.6 is 0 Å². The summed E-state index contributed by atoms with van der Waals surface area (Å²) < 4.78 is 21.3. The van der Waals surface area contributed by atoms with Gasteiger partial charge in [0, 0.05) is 0 Å². The molecule has 0 radical (unpaired) electrons. The van der Waals surface area contributed by atoms with Crippen LogP contribution in [0.25, 0.3) is 0 Å². The van der Waals surface area contributed by atoms with E-state index in [9.17, 15) is 18.3 Å². The summed E-state index contributed by atoms with van der Waals surface area (Å²) in [5.41, 5.74) is 1.48. The summed E-state index contributed by atoms with van der Waals surface area (Å²) in [6, 6.07) is 6.93. The Balaban J connectivity index is 2.10. The van der Waals surface area contributed by atoms with E-state index in [1.165, 1.54) is 12.8 Å². The third kappa shape index (κ3) is 4.07. The lowest BCUT2D eigenvalue weighted by Crippen LogP contribution is -2.15. The maximum atomic E-state index is 11.5. The number of carboxylic acids is 1. The largest absolute Gasteiger partial charge is 0.481 e. The summed E-state index contributed by atoms with van der Waals surface area (Å²) in [4.78, 5) is 11.5. The van der Waals surface area contributed by atoms with Gasteiger partial charge in [0.2, 0.25) is 0 Å². The molecule has 4 nitrogen and oxygen atoms in total. The van der Waals surface area contributed by atoms with Gasteiger partial charge in [-0.1, -0.05) is 49.9 Å². The predicted octanol–water partition coefficient (Wildman–Crippen LogP) is 2.55. The SMILES string of the molecule is O=C(O)[C@H](CC1CCCC1)c1ccc(C[SH](=O)=O)cc1. The fourth-order valence-corrected chi connectivity index (χ4v) is 3.47. The topological polar surface area (TPSA) is 71.4 Å². The molecule has 1 aromatic carbocycles. The van der Waals surface area contributed by atoms with Crippen molar-refractivity contribution >= 4 is 16.7 Å². The zero-order chi connectivity index (χ0) is 14.5. The Labute approximate surface area is 120 Å². The van der Waals surface area contributed by atoms with E-state index in [1.807, 2.05) is 0 Å². The average Bonchev–Trinajstić information content (AvgIpc) is 2.89. The lowest BCUT2D eigenvalue weighted by molar-refractivity contribution is -0.139. The molecule has 0 amide bonds. The minimum atomic E-state index is -2.44. The third-order valence-electron chi connectivity index (χ3n) is 4.04. The third-order valence-corrected chi connectivity index (χ3v) is 4.66. The fourth-order valence-electron chi connectivity index (χ4n) is 2.96. The van der Waals surface area contributed by atoms with Crippen molar-refractivity contribution in [3.8, 4) is 0 Å². The summed E-state index contributed by atoms with van der Waals surface area (Å²) in [6.45, 7) is 0. The van der Waals surface area contributed by atoms with Crippen LogP contribution < -0.4 is 0 Å². The van der Waals surface area contributed by atoms with Crippen molar-refractivity contribution in [1.82, 2.24) is 0 Å². The maximum absolute atomic E-state index is 11.5. The van der Waals surface area contributed by atoms with Gasteiger partial charge in [-0.2, -0.15) is 0 Å². The highest BCUT2D eigenvalue weighted by atomic mass is 32.2. The summed E-state index contributed by atoms with van der Waals surface area (Å²) >= 11 is 0. The molecule has 1 fully saturated rings. The van der Waals surface area contributed by atoms with Gasteiger partial charge in [-0.3, -0.25) is 4.79 Å². The molecule has 1 aliphatic rings. The van der Waals surface area contributed by atoms with E-state index in [0.29, 0.717) is 17.9 Å².